The van der Waals surface area contributed by atoms with Crippen LogP contribution in [-0.4, -0.2) is 46.3 Å². The highest BCUT2D eigenvalue weighted by atomic mass is 16.4. The highest BCUT2D eigenvalue weighted by molar-refractivity contribution is 5.78. The van der Waals surface area contributed by atoms with Crippen LogP contribution in [0.3, 0.4) is 0 Å². The van der Waals surface area contributed by atoms with Crippen LogP contribution in [0.5, 0.6) is 0 Å². The Morgan fingerprint density at radius 3 is 2.60 bits per heavy atom. The SMILES string of the molecule is O=C(O)NC12CC(N3CCNC3=O)(C1)C2. The van der Waals surface area contributed by atoms with Crippen molar-refractivity contribution in [2.24, 2.45) is 0 Å². The number of carbonyl (C=O) groups excluding carboxylic acids is 1. The third kappa shape index (κ3) is 0.989. The van der Waals surface area contributed by atoms with Crippen molar-refractivity contribution in [2.45, 2.75) is 30.3 Å². The molecule has 2 bridgehead atoms. The Morgan fingerprint density at radius 2 is 2.13 bits per heavy atom. The molecule has 3 amide bonds. The number of carbonyl (C=O) groups is 2. The molecule has 0 unspecified atom stereocenters. The summed E-state index contributed by atoms with van der Waals surface area (Å²) in [7, 11) is 0. The van der Waals surface area contributed by atoms with E-state index in [2.05, 4.69) is 10.6 Å². The summed E-state index contributed by atoms with van der Waals surface area (Å²) >= 11 is 0. The molecule has 3 saturated carbocycles. The normalized spacial score (nSPS) is 41.6. The first-order chi connectivity index (χ1) is 7.05. The summed E-state index contributed by atoms with van der Waals surface area (Å²) in [5, 5.41) is 14.0. The second-order valence-electron chi connectivity index (χ2n) is 4.85. The Kier molecular flexibility index (Phi) is 1.39. The molecule has 1 heterocycles. The molecule has 3 aliphatic carbocycles. The number of nitrogens with zero attached hydrogens (tertiary/aromatic N) is 1. The minimum absolute atomic E-state index is 0.00127. The van der Waals surface area contributed by atoms with Crippen molar-refractivity contribution in [3.8, 4) is 0 Å². The summed E-state index contributed by atoms with van der Waals surface area (Å²) in [5.74, 6) is 0. The predicted molar refractivity (Wildman–Crippen MR) is 50.6 cm³/mol. The first-order valence-corrected chi connectivity index (χ1v) is 5.12. The number of urea groups is 1. The summed E-state index contributed by atoms with van der Waals surface area (Å²) in [5.41, 5.74) is -0.266. The van der Waals surface area contributed by atoms with Gasteiger partial charge in [-0.1, -0.05) is 0 Å². The molecule has 3 N–H and O–H groups in total. The second kappa shape index (κ2) is 2.37. The van der Waals surface area contributed by atoms with E-state index in [0.717, 1.165) is 25.8 Å². The van der Waals surface area contributed by atoms with Crippen LogP contribution in [0.15, 0.2) is 0 Å². The molecule has 0 spiro atoms. The van der Waals surface area contributed by atoms with Crippen LogP contribution >= 0.6 is 0 Å². The minimum Gasteiger partial charge on any atom is -0.465 e. The van der Waals surface area contributed by atoms with Gasteiger partial charge in [0.15, 0.2) is 0 Å². The lowest BCUT2D eigenvalue weighted by molar-refractivity contribution is -0.150. The first-order valence-electron chi connectivity index (χ1n) is 5.12. The monoisotopic (exact) mass is 211 g/mol. The third-order valence-corrected chi connectivity index (χ3v) is 3.80. The molecular weight excluding hydrogens is 198 g/mol. The molecule has 0 atom stereocenters. The Morgan fingerprint density at radius 1 is 1.47 bits per heavy atom. The number of carboxylic acid groups (broad SMARTS) is 1. The largest absolute Gasteiger partial charge is 0.465 e. The van der Waals surface area contributed by atoms with Crippen LogP contribution in [0.1, 0.15) is 19.3 Å². The van der Waals surface area contributed by atoms with Gasteiger partial charge in [0.1, 0.15) is 0 Å². The summed E-state index contributed by atoms with van der Waals surface area (Å²) < 4.78 is 0. The van der Waals surface area contributed by atoms with Gasteiger partial charge in [-0.05, 0) is 19.3 Å². The first kappa shape index (κ1) is 8.82. The molecule has 82 valence electrons. The van der Waals surface area contributed by atoms with Crippen molar-refractivity contribution in [1.29, 1.82) is 0 Å². The van der Waals surface area contributed by atoms with E-state index in [1.807, 2.05) is 4.90 Å². The molecule has 4 rings (SSSR count). The van der Waals surface area contributed by atoms with Gasteiger partial charge >= 0.3 is 12.1 Å². The van der Waals surface area contributed by atoms with Gasteiger partial charge in [0.2, 0.25) is 0 Å². The van der Waals surface area contributed by atoms with Crippen molar-refractivity contribution in [2.75, 3.05) is 13.1 Å². The van der Waals surface area contributed by atoms with Crippen molar-refractivity contribution < 1.29 is 14.7 Å². The topological polar surface area (TPSA) is 81.7 Å². The molecule has 6 nitrogen and oxygen atoms in total. The lowest BCUT2D eigenvalue weighted by atomic mass is 9.43. The van der Waals surface area contributed by atoms with E-state index in [4.69, 9.17) is 5.11 Å². The van der Waals surface area contributed by atoms with Gasteiger partial charge in [-0.15, -0.1) is 0 Å². The number of nitrogens with one attached hydrogen (secondary N) is 2. The fourth-order valence-electron chi connectivity index (χ4n) is 3.30. The predicted octanol–water partition coefficient (Wildman–Crippen LogP) is -0.0457. The quantitative estimate of drug-likeness (QED) is 0.599. The van der Waals surface area contributed by atoms with Crippen molar-refractivity contribution >= 4 is 12.1 Å². The van der Waals surface area contributed by atoms with E-state index in [-0.39, 0.29) is 17.1 Å². The third-order valence-electron chi connectivity index (χ3n) is 3.80. The smallest absolute Gasteiger partial charge is 0.405 e. The molecular formula is C9H13N3O3. The van der Waals surface area contributed by atoms with Crippen LogP contribution < -0.4 is 10.6 Å². The summed E-state index contributed by atoms with van der Waals surface area (Å²) in [6.45, 7) is 1.46. The zero-order chi connectivity index (χ0) is 10.7. The van der Waals surface area contributed by atoms with E-state index in [1.165, 1.54) is 0 Å². The molecule has 0 radical (unpaired) electrons. The van der Waals surface area contributed by atoms with E-state index in [1.54, 1.807) is 0 Å². The number of hydrogen-bond donors (Lipinski definition) is 3. The lowest BCUT2D eigenvalue weighted by Gasteiger charge is -2.72. The Labute approximate surface area is 86.6 Å². The molecule has 1 aliphatic heterocycles. The molecule has 1 saturated heterocycles. The highest BCUT2D eigenvalue weighted by Crippen LogP contribution is 2.63. The Hall–Kier alpha value is -1.46. The van der Waals surface area contributed by atoms with Crippen molar-refractivity contribution in [1.82, 2.24) is 15.5 Å². The maximum atomic E-state index is 11.4. The molecule has 4 fully saturated rings. The second-order valence-corrected chi connectivity index (χ2v) is 4.85. The van der Waals surface area contributed by atoms with Crippen LogP contribution in [-0.2, 0) is 0 Å². The number of amides is 3. The highest BCUT2D eigenvalue weighted by Gasteiger charge is 2.72. The molecule has 15 heavy (non-hydrogen) atoms. The van der Waals surface area contributed by atoms with Gasteiger partial charge in [-0.25, -0.2) is 9.59 Å². The van der Waals surface area contributed by atoms with E-state index in [9.17, 15) is 9.59 Å². The van der Waals surface area contributed by atoms with Crippen LogP contribution in [0.2, 0.25) is 0 Å². The molecule has 0 aromatic carbocycles. The van der Waals surface area contributed by atoms with E-state index >= 15 is 0 Å². The van der Waals surface area contributed by atoms with Gasteiger partial charge in [-0.3, -0.25) is 0 Å². The lowest BCUT2D eigenvalue weighted by Crippen LogP contribution is -2.83. The van der Waals surface area contributed by atoms with Crippen LogP contribution in [0.25, 0.3) is 0 Å². The van der Waals surface area contributed by atoms with E-state index < -0.39 is 6.09 Å². The van der Waals surface area contributed by atoms with Crippen LogP contribution in [0, 0.1) is 0 Å². The molecule has 0 aromatic heterocycles. The standard InChI is InChI=1S/C9H13N3O3/c13-6-10-1-2-12(6)9-3-8(4-9,5-9)11-7(14)15/h11H,1-5H2,(H,10,13)(H,14,15). The fourth-order valence-corrected chi connectivity index (χ4v) is 3.30. The summed E-state index contributed by atoms with van der Waals surface area (Å²) in [6, 6.07) is -0.00127. The Balaban J connectivity index is 1.65. The zero-order valence-corrected chi connectivity index (χ0v) is 8.25. The van der Waals surface area contributed by atoms with Gasteiger partial charge in [0.25, 0.3) is 0 Å². The molecule has 0 aromatic rings. The summed E-state index contributed by atoms with van der Waals surface area (Å²) in [4.78, 5) is 23.8. The van der Waals surface area contributed by atoms with Crippen molar-refractivity contribution in [3.63, 3.8) is 0 Å². The maximum Gasteiger partial charge on any atom is 0.405 e. The fraction of sp³-hybridized carbons (Fsp3) is 0.778. The summed E-state index contributed by atoms with van der Waals surface area (Å²) in [6.07, 6.45) is 1.37. The molecule has 6 heteroatoms. The van der Waals surface area contributed by atoms with Gasteiger partial charge in [0, 0.05) is 13.1 Å². The van der Waals surface area contributed by atoms with Gasteiger partial charge < -0.3 is 20.6 Å². The molecule has 4 aliphatic rings. The zero-order valence-electron chi connectivity index (χ0n) is 8.25. The van der Waals surface area contributed by atoms with Crippen molar-refractivity contribution in [3.05, 3.63) is 0 Å². The average molecular weight is 211 g/mol. The number of rotatable bonds is 2. The maximum absolute atomic E-state index is 11.4. The average Bonchev–Trinajstić information content (AvgIpc) is 2.41. The van der Waals surface area contributed by atoms with E-state index in [0.29, 0.717) is 6.54 Å². The number of hydrogen-bond acceptors (Lipinski definition) is 2. The Bertz CT molecular complexity index is 335. The van der Waals surface area contributed by atoms with Crippen LogP contribution in [0.4, 0.5) is 9.59 Å². The minimum atomic E-state index is -0.964. The van der Waals surface area contributed by atoms with Gasteiger partial charge in [-0.2, -0.15) is 0 Å². The van der Waals surface area contributed by atoms with Gasteiger partial charge in [0.05, 0.1) is 11.1 Å².